The van der Waals surface area contributed by atoms with E-state index in [2.05, 4.69) is 11.9 Å². The topological polar surface area (TPSA) is 59.2 Å². The molecule has 0 radical (unpaired) electrons. The first kappa shape index (κ1) is 13.9. The molecule has 0 aliphatic heterocycles. The van der Waals surface area contributed by atoms with Gasteiger partial charge in [0.1, 0.15) is 6.61 Å². The SMILES string of the molecule is CC(=O)COC(=O)c1ccc2[nH]c3c(c2c1)CC(C)CC3. The average molecular weight is 285 g/mol. The van der Waals surface area contributed by atoms with Gasteiger partial charge in [0.05, 0.1) is 5.56 Å². The molecule has 1 heterocycles. The van der Waals surface area contributed by atoms with E-state index in [-0.39, 0.29) is 12.4 Å². The summed E-state index contributed by atoms with van der Waals surface area (Å²) in [5, 5.41) is 1.11. The number of Topliss-reactive ketones (excluding diaryl/α,β-unsaturated/α-hetero) is 1. The second-order valence-electron chi connectivity index (χ2n) is 5.97. The Labute approximate surface area is 123 Å². The summed E-state index contributed by atoms with van der Waals surface area (Å²) in [5.41, 5.74) is 4.18. The predicted octanol–water partition coefficient (Wildman–Crippen LogP) is 3.04. The maximum atomic E-state index is 12.0. The van der Waals surface area contributed by atoms with Crippen LogP contribution in [-0.2, 0) is 22.4 Å². The van der Waals surface area contributed by atoms with Gasteiger partial charge < -0.3 is 9.72 Å². The number of ether oxygens (including phenoxy) is 1. The molecule has 1 aromatic carbocycles. The summed E-state index contributed by atoms with van der Waals surface area (Å²) in [6.07, 6.45) is 3.31. The van der Waals surface area contributed by atoms with Gasteiger partial charge in [-0.3, -0.25) is 4.79 Å². The summed E-state index contributed by atoms with van der Waals surface area (Å²) in [4.78, 5) is 26.3. The first-order valence-electron chi connectivity index (χ1n) is 7.34. The second kappa shape index (κ2) is 5.35. The lowest BCUT2D eigenvalue weighted by atomic mass is 9.87. The first-order valence-corrected chi connectivity index (χ1v) is 7.34. The van der Waals surface area contributed by atoms with Gasteiger partial charge in [-0.1, -0.05) is 6.92 Å². The van der Waals surface area contributed by atoms with Crippen molar-refractivity contribution in [1.82, 2.24) is 4.98 Å². The van der Waals surface area contributed by atoms with E-state index < -0.39 is 5.97 Å². The van der Waals surface area contributed by atoms with Gasteiger partial charge in [0.15, 0.2) is 5.78 Å². The number of esters is 1. The van der Waals surface area contributed by atoms with Crippen LogP contribution in [0.25, 0.3) is 10.9 Å². The Morgan fingerprint density at radius 3 is 2.95 bits per heavy atom. The molecular weight excluding hydrogens is 266 g/mol. The molecule has 1 atom stereocenters. The Balaban J connectivity index is 1.94. The summed E-state index contributed by atoms with van der Waals surface area (Å²) in [5.74, 6) is 0.0769. The zero-order valence-electron chi connectivity index (χ0n) is 12.4. The maximum absolute atomic E-state index is 12.0. The number of rotatable bonds is 3. The van der Waals surface area contributed by atoms with Crippen molar-refractivity contribution in [2.75, 3.05) is 6.61 Å². The molecule has 0 fully saturated rings. The number of H-pyrrole nitrogens is 1. The van der Waals surface area contributed by atoms with E-state index in [1.165, 1.54) is 24.6 Å². The lowest BCUT2D eigenvalue weighted by molar-refractivity contribution is -0.120. The lowest BCUT2D eigenvalue weighted by Gasteiger charge is -2.18. The molecule has 0 saturated heterocycles. The van der Waals surface area contributed by atoms with Crippen molar-refractivity contribution in [3.05, 3.63) is 35.0 Å². The van der Waals surface area contributed by atoms with E-state index in [0.717, 1.165) is 23.7 Å². The number of hydrogen-bond donors (Lipinski definition) is 1. The molecule has 1 unspecified atom stereocenters. The highest BCUT2D eigenvalue weighted by atomic mass is 16.5. The van der Waals surface area contributed by atoms with Gasteiger partial charge in [0.25, 0.3) is 0 Å². The van der Waals surface area contributed by atoms with Crippen LogP contribution in [0.15, 0.2) is 18.2 Å². The number of carbonyl (C=O) groups excluding carboxylic acids is 2. The maximum Gasteiger partial charge on any atom is 0.338 e. The van der Waals surface area contributed by atoms with Crippen molar-refractivity contribution in [3.63, 3.8) is 0 Å². The summed E-state index contributed by atoms with van der Waals surface area (Å²) < 4.78 is 4.98. The molecule has 21 heavy (non-hydrogen) atoms. The van der Waals surface area contributed by atoms with Gasteiger partial charge in [-0.15, -0.1) is 0 Å². The van der Waals surface area contributed by atoms with Gasteiger partial charge >= 0.3 is 5.97 Å². The molecule has 4 nitrogen and oxygen atoms in total. The van der Waals surface area contributed by atoms with Crippen LogP contribution in [0.3, 0.4) is 0 Å². The first-order chi connectivity index (χ1) is 10.0. The van der Waals surface area contributed by atoms with Crippen LogP contribution in [-0.4, -0.2) is 23.3 Å². The Morgan fingerprint density at radius 2 is 2.19 bits per heavy atom. The molecule has 4 heteroatoms. The molecule has 0 bridgehead atoms. The predicted molar refractivity (Wildman–Crippen MR) is 80.5 cm³/mol. The van der Waals surface area contributed by atoms with E-state index in [1.54, 1.807) is 6.07 Å². The number of aromatic nitrogens is 1. The summed E-state index contributed by atoms with van der Waals surface area (Å²) in [6.45, 7) is 3.49. The van der Waals surface area contributed by atoms with Crippen LogP contribution in [0.5, 0.6) is 0 Å². The average Bonchev–Trinajstić information content (AvgIpc) is 2.81. The van der Waals surface area contributed by atoms with Gasteiger partial charge in [-0.2, -0.15) is 0 Å². The largest absolute Gasteiger partial charge is 0.454 e. The van der Waals surface area contributed by atoms with E-state index in [0.29, 0.717) is 11.5 Å². The molecule has 0 saturated carbocycles. The molecule has 3 rings (SSSR count). The minimum atomic E-state index is -0.439. The minimum absolute atomic E-state index is 0.155. The highest BCUT2D eigenvalue weighted by Crippen LogP contribution is 2.32. The standard InChI is InChI=1S/C17H19NO3/c1-10-3-5-15-13(7-10)14-8-12(4-6-16(14)18-15)17(20)21-9-11(2)19/h4,6,8,10,18H,3,5,7,9H2,1-2H3. The summed E-state index contributed by atoms with van der Waals surface area (Å²) >= 11 is 0. The van der Waals surface area contributed by atoms with Crippen molar-refractivity contribution in [1.29, 1.82) is 0 Å². The number of aromatic amines is 1. The van der Waals surface area contributed by atoms with Gasteiger partial charge in [-0.05, 0) is 55.9 Å². The smallest absolute Gasteiger partial charge is 0.338 e. The molecule has 1 aromatic heterocycles. The Hall–Kier alpha value is -2.10. The van der Waals surface area contributed by atoms with Crippen molar-refractivity contribution in [2.24, 2.45) is 5.92 Å². The van der Waals surface area contributed by atoms with Gasteiger partial charge in [0, 0.05) is 16.6 Å². The number of fused-ring (bicyclic) bond motifs is 3. The fourth-order valence-corrected chi connectivity index (χ4v) is 2.97. The molecule has 0 amide bonds. The summed E-state index contributed by atoms with van der Waals surface area (Å²) in [6, 6.07) is 5.55. The number of hydrogen-bond acceptors (Lipinski definition) is 3. The molecule has 2 aromatic rings. The van der Waals surface area contributed by atoms with Crippen molar-refractivity contribution < 1.29 is 14.3 Å². The zero-order chi connectivity index (χ0) is 15.0. The fraction of sp³-hybridized carbons (Fsp3) is 0.412. The molecule has 1 aliphatic rings. The molecule has 0 spiro atoms. The van der Waals surface area contributed by atoms with Crippen LogP contribution >= 0.6 is 0 Å². The zero-order valence-corrected chi connectivity index (χ0v) is 12.4. The Bertz CT molecular complexity index is 714. The van der Waals surface area contributed by atoms with Crippen LogP contribution in [0.2, 0.25) is 0 Å². The number of carbonyl (C=O) groups is 2. The number of benzene rings is 1. The van der Waals surface area contributed by atoms with Gasteiger partial charge in [0.2, 0.25) is 0 Å². The van der Waals surface area contributed by atoms with E-state index in [4.69, 9.17) is 4.74 Å². The second-order valence-corrected chi connectivity index (χ2v) is 5.97. The summed E-state index contributed by atoms with van der Waals surface area (Å²) in [7, 11) is 0. The number of aryl methyl sites for hydroxylation is 1. The quantitative estimate of drug-likeness (QED) is 0.882. The number of nitrogens with one attached hydrogen (secondary N) is 1. The van der Waals surface area contributed by atoms with Crippen LogP contribution in [0.1, 0.15) is 41.9 Å². The van der Waals surface area contributed by atoms with Crippen LogP contribution in [0, 0.1) is 5.92 Å². The molecule has 110 valence electrons. The molecule has 1 aliphatic carbocycles. The van der Waals surface area contributed by atoms with Crippen molar-refractivity contribution in [3.8, 4) is 0 Å². The highest BCUT2D eigenvalue weighted by molar-refractivity contribution is 5.97. The minimum Gasteiger partial charge on any atom is -0.454 e. The molecular formula is C17H19NO3. The Morgan fingerprint density at radius 1 is 1.38 bits per heavy atom. The van der Waals surface area contributed by atoms with Crippen LogP contribution < -0.4 is 0 Å². The third kappa shape index (κ3) is 2.71. The van der Waals surface area contributed by atoms with Crippen LogP contribution in [0.4, 0.5) is 0 Å². The normalized spacial score (nSPS) is 17.5. The van der Waals surface area contributed by atoms with E-state index >= 15 is 0 Å². The van der Waals surface area contributed by atoms with E-state index in [9.17, 15) is 9.59 Å². The third-order valence-electron chi connectivity index (χ3n) is 4.08. The number of ketones is 1. The third-order valence-corrected chi connectivity index (χ3v) is 4.08. The van der Waals surface area contributed by atoms with Gasteiger partial charge in [-0.25, -0.2) is 4.79 Å². The highest BCUT2D eigenvalue weighted by Gasteiger charge is 2.20. The van der Waals surface area contributed by atoms with E-state index in [1.807, 2.05) is 12.1 Å². The van der Waals surface area contributed by atoms with Crippen molar-refractivity contribution >= 4 is 22.7 Å². The Kier molecular flexibility index (Phi) is 3.53. The lowest BCUT2D eigenvalue weighted by Crippen LogP contribution is -2.11. The van der Waals surface area contributed by atoms with Crippen molar-refractivity contribution in [2.45, 2.75) is 33.1 Å². The monoisotopic (exact) mass is 285 g/mol. The molecule has 1 N–H and O–H groups in total. The fourth-order valence-electron chi connectivity index (χ4n) is 2.97.